The zero-order chi connectivity index (χ0) is 13.4. The van der Waals surface area contributed by atoms with E-state index in [1.165, 1.54) is 26.4 Å². The molecule has 0 spiro atoms. The van der Waals surface area contributed by atoms with Crippen LogP contribution in [0.2, 0.25) is 0 Å². The van der Waals surface area contributed by atoms with E-state index in [4.69, 9.17) is 4.74 Å². The fourth-order valence-corrected chi connectivity index (χ4v) is 1.94. The molecule has 0 saturated carbocycles. The second-order valence-electron chi connectivity index (χ2n) is 4.58. The fourth-order valence-electron chi connectivity index (χ4n) is 1.94. The number of benzene rings is 1. The van der Waals surface area contributed by atoms with Crippen LogP contribution in [0, 0.1) is 0 Å². The Balaban J connectivity index is 2.63. The molecule has 100 valence electrons. The van der Waals surface area contributed by atoms with Crippen LogP contribution in [0.15, 0.2) is 24.3 Å². The van der Waals surface area contributed by atoms with Crippen molar-refractivity contribution in [1.29, 1.82) is 0 Å². The van der Waals surface area contributed by atoms with Gasteiger partial charge in [-0.05, 0) is 25.5 Å². The van der Waals surface area contributed by atoms with Crippen molar-refractivity contribution in [3.8, 4) is 0 Å². The Labute approximate surface area is 110 Å². The molecule has 3 heteroatoms. The highest BCUT2D eigenvalue weighted by Gasteiger charge is 2.12. The molecule has 1 rings (SSSR count). The lowest BCUT2D eigenvalue weighted by atomic mass is 10.1. The summed E-state index contributed by atoms with van der Waals surface area (Å²) in [5.74, 6) is -0.293. The Morgan fingerprint density at radius 1 is 1.33 bits per heavy atom. The molecule has 3 nitrogen and oxygen atoms in total. The molecule has 0 aliphatic heterocycles. The van der Waals surface area contributed by atoms with Gasteiger partial charge in [0.05, 0.1) is 12.7 Å². The summed E-state index contributed by atoms with van der Waals surface area (Å²) in [7, 11) is 1.41. The van der Waals surface area contributed by atoms with Crippen molar-refractivity contribution in [3.63, 3.8) is 0 Å². The predicted molar refractivity (Wildman–Crippen MR) is 75.0 cm³/mol. The molecule has 0 aliphatic rings. The molecule has 18 heavy (non-hydrogen) atoms. The summed E-state index contributed by atoms with van der Waals surface area (Å²) in [5, 5.41) is 3.38. The summed E-state index contributed by atoms with van der Waals surface area (Å²) in [6.45, 7) is 4.34. The highest BCUT2D eigenvalue weighted by molar-refractivity contribution is 5.95. The average Bonchev–Trinajstić information content (AvgIpc) is 2.39. The quantitative estimate of drug-likeness (QED) is 0.589. The lowest BCUT2D eigenvalue weighted by Gasteiger charge is -2.17. The van der Waals surface area contributed by atoms with Crippen molar-refractivity contribution in [2.24, 2.45) is 0 Å². The number of nitrogens with one attached hydrogen (secondary N) is 1. The lowest BCUT2D eigenvalue weighted by molar-refractivity contribution is 0.0602. The first-order chi connectivity index (χ1) is 8.69. The Kier molecular flexibility index (Phi) is 6.26. The number of hydrogen-bond donors (Lipinski definition) is 1. The molecule has 0 bridgehead atoms. The molecular formula is C15H23NO2. The standard InChI is InChI=1S/C15H23NO2/c1-4-5-6-9-12(2)16-14-11-8-7-10-13(14)15(17)18-3/h7-8,10-12,16H,4-6,9H2,1-3H3. The monoisotopic (exact) mass is 249 g/mol. The van der Waals surface area contributed by atoms with Crippen molar-refractivity contribution < 1.29 is 9.53 Å². The second kappa shape index (κ2) is 7.75. The van der Waals surface area contributed by atoms with Gasteiger partial charge in [0.2, 0.25) is 0 Å². The van der Waals surface area contributed by atoms with Crippen LogP contribution in [0.5, 0.6) is 0 Å². The van der Waals surface area contributed by atoms with E-state index < -0.39 is 0 Å². The van der Waals surface area contributed by atoms with Gasteiger partial charge >= 0.3 is 5.97 Å². The average molecular weight is 249 g/mol. The van der Waals surface area contributed by atoms with E-state index in [1.54, 1.807) is 6.07 Å². The van der Waals surface area contributed by atoms with E-state index in [1.807, 2.05) is 18.2 Å². The van der Waals surface area contributed by atoms with Crippen LogP contribution in [0.25, 0.3) is 0 Å². The largest absolute Gasteiger partial charge is 0.465 e. The van der Waals surface area contributed by atoms with Crippen molar-refractivity contribution in [3.05, 3.63) is 29.8 Å². The SMILES string of the molecule is CCCCCC(C)Nc1ccccc1C(=O)OC. The Morgan fingerprint density at radius 2 is 2.06 bits per heavy atom. The van der Waals surface area contributed by atoms with Gasteiger partial charge in [-0.15, -0.1) is 0 Å². The zero-order valence-corrected chi connectivity index (χ0v) is 11.5. The van der Waals surface area contributed by atoms with Gasteiger partial charge in [-0.1, -0.05) is 38.3 Å². The number of carbonyl (C=O) groups is 1. The summed E-state index contributed by atoms with van der Waals surface area (Å²) in [6.07, 6.45) is 4.81. The van der Waals surface area contributed by atoms with Gasteiger partial charge in [-0.3, -0.25) is 0 Å². The molecule has 0 amide bonds. The number of hydrogen-bond acceptors (Lipinski definition) is 3. The van der Waals surface area contributed by atoms with E-state index in [0.29, 0.717) is 11.6 Å². The third-order valence-corrected chi connectivity index (χ3v) is 2.97. The van der Waals surface area contributed by atoms with Crippen molar-refractivity contribution in [1.82, 2.24) is 0 Å². The van der Waals surface area contributed by atoms with Gasteiger partial charge in [0.25, 0.3) is 0 Å². The summed E-state index contributed by atoms with van der Waals surface area (Å²) < 4.78 is 4.78. The topological polar surface area (TPSA) is 38.3 Å². The maximum absolute atomic E-state index is 11.6. The van der Waals surface area contributed by atoms with Crippen molar-refractivity contribution in [2.75, 3.05) is 12.4 Å². The van der Waals surface area contributed by atoms with Gasteiger partial charge in [0.1, 0.15) is 0 Å². The van der Waals surface area contributed by atoms with Gasteiger partial charge in [0.15, 0.2) is 0 Å². The number of para-hydroxylation sites is 1. The lowest BCUT2D eigenvalue weighted by Crippen LogP contribution is -2.17. The number of ether oxygens (including phenoxy) is 1. The molecule has 1 aromatic carbocycles. The zero-order valence-electron chi connectivity index (χ0n) is 11.5. The number of carbonyl (C=O) groups excluding carboxylic acids is 1. The molecule has 0 radical (unpaired) electrons. The maximum atomic E-state index is 11.6. The van der Waals surface area contributed by atoms with E-state index in [-0.39, 0.29) is 5.97 Å². The number of rotatable bonds is 7. The van der Waals surface area contributed by atoms with Crippen LogP contribution in [-0.4, -0.2) is 19.1 Å². The molecule has 1 aromatic rings. The maximum Gasteiger partial charge on any atom is 0.339 e. The second-order valence-corrected chi connectivity index (χ2v) is 4.58. The summed E-state index contributed by atoms with van der Waals surface area (Å²) in [5.41, 5.74) is 1.45. The normalized spacial score (nSPS) is 11.9. The Bertz CT molecular complexity index is 377. The highest BCUT2D eigenvalue weighted by atomic mass is 16.5. The van der Waals surface area contributed by atoms with Gasteiger partial charge in [-0.2, -0.15) is 0 Å². The van der Waals surface area contributed by atoms with E-state index in [9.17, 15) is 4.79 Å². The first-order valence-corrected chi connectivity index (χ1v) is 6.63. The van der Waals surface area contributed by atoms with Crippen molar-refractivity contribution >= 4 is 11.7 Å². The van der Waals surface area contributed by atoms with Crippen LogP contribution in [-0.2, 0) is 4.74 Å². The van der Waals surface area contributed by atoms with E-state index in [2.05, 4.69) is 19.2 Å². The minimum absolute atomic E-state index is 0.293. The van der Waals surface area contributed by atoms with Gasteiger partial charge in [-0.25, -0.2) is 4.79 Å². The third kappa shape index (κ3) is 4.40. The van der Waals surface area contributed by atoms with E-state index >= 15 is 0 Å². The minimum Gasteiger partial charge on any atom is -0.465 e. The molecule has 0 aromatic heterocycles. The van der Waals surface area contributed by atoms with Crippen LogP contribution in [0.4, 0.5) is 5.69 Å². The number of methoxy groups -OCH3 is 1. The molecule has 0 aliphatic carbocycles. The van der Waals surface area contributed by atoms with Crippen LogP contribution in [0.3, 0.4) is 0 Å². The van der Waals surface area contributed by atoms with Crippen LogP contribution < -0.4 is 5.32 Å². The summed E-state index contributed by atoms with van der Waals surface area (Å²) in [6, 6.07) is 7.84. The molecular weight excluding hydrogens is 226 g/mol. The molecule has 0 fully saturated rings. The molecule has 1 N–H and O–H groups in total. The van der Waals surface area contributed by atoms with Gasteiger partial charge < -0.3 is 10.1 Å². The Hall–Kier alpha value is -1.51. The minimum atomic E-state index is -0.293. The summed E-state index contributed by atoms with van der Waals surface area (Å²) in [4.78, 5) is 11.6. The van der Waals surface area contributed by atoms with Gasteiger partial charge in [0, 0.05) is 11.7 Å². The summed E-state index contributed by atoms with van der Waals surface area (Å²) >= 11 is 0. The number of anilines is 1. The fraction of sp³-hybridized carbons (Fsp3) is 0.533. The smallest absolute Gasteiger partial charge is 0.339 e. The number of esters is 1. The van der Waals surface area contributed by atoms with Crippen LogP contribution >= 0.6 is 0 Å². The van der Waals surface area contributed by atoms with Crippen LogP contribution in [0.1, 0.15) is 49.9 Å². The third-order valence-electron chi connectivity index (χ3n) is 2.97. The predicted octanol–water partition coefficient (Wildman–Crippen LogP) is 3.85. The van der Waals surface area contributed by atoms with Crippen molar-refractivity contribution in [2.45, 2.75) is 45.6 Å². The first kappa shape index (κ1) is 14.6. The Morgan fingerprint density at radius 3 is 2.72 bits per heavy atom. The molecule has 1 unspecified atom stereocenters. The molecule has 1 atom stereocenters. The molecule has 0 saturated heterocycles. The number of unbranched alkanes of at least 4 members (excludes halogenated alkanes) is 2. The first-order valence-electron chi connectivity index (χ1n) is 6.63. The molecule has 0 heterocycles. The van der Waals surface area contributed by atoms with E-state index in [0.717, 1.165) is 12.1 Å². The highest BCUT2D eigenvalue weighted by Crippen LogP contribution is 2.18.